The first kappa shape index (κ1) is 18.2. The van der Waals surface area contributed by atoms with Crippen LogP contribution in [0.2, 0.25) is 0 Å². The molecule has 0 saturated carbocycles. The Morgan fingerprint density at radius 2 is 1.77 bits per heavy atom. The van der Waals surface area contributed by atoms with Crippen molar-refractivity contribution in [3.63, 3.8) is 0 Å². The molecule has 7 heteroatoms. The van der Waals surface area contributed by atoms with E-state index in [-0.39, 0.29) is 0 Å². The van der Waals surface area contributed by atoms with Crippen LogP contribution in [-0.4, -0.2) is 66.5 Å². The molecular weight excluding hydrogens is 366 g/mol. The Kier molecular flexibility index (Phi) is 5.50. The maximum atomic E-state index is 11.6. The summed E-state index contributed by atoms with van der Waals surface area (Å²) in [5.41, 5.74) is 1.38. The van der Waals surface area contributed by atoms with E-state index in [1.165, 1.54) is 10.6 Å². The molecule has 26 heavy (non-hydrogen) atoms. The summed E-state index contributed by atoms with van der Waals surface area (Å²) in [6.45, 7) is 5.59. The second-order valence-corrected chi connectivity index (χ2v) is 10.7. The average molecular weight is 394 g/mol. The molecule has 2 aliphatic rings. The summed E-state index contributed by atoms with van der Waals surface area (Å²) in [6.07, 6.45) is 4.47. The number of sulfone groups is 1. The van der Waals surface area contributed by atoms with Crippen molar-refractivity contribution >= 4 is 21.2 Å². The fourth-order valence-electron chi connectivity index (χ4n) is 4.08. The molecule has 4 rings (SSSR count). The molecule has 0 unspecified atom stereocenters. The molecule has 2 aromatic heterocycles. The molecule has 0 aliphatic carbocycles. The van der Waals surface area contributed by atoms with Gasteiger partial charge in [0.2, 0.25) is 0 Å². The van der Waals surface area contributed by atoms with Crippen LogP contribution in [-0.2, 0) is 22.9 Å². The Balaban J connectivity index is 1.29. The maximum Gasteiger partial charge on any atom is 0.152 e. The van der Waals surface area contributed by atoms with Crippen molar-refractivity contribution < 1.29 is 8.42 Å². The largest absolute Gasteiger partial charge is 0.345 e. The summed E-state index contributed by atoms with van der Waals surface area (Å²) >= 11 is 1.81. The summed E-state index contributed by atoms with van der Waals surface area (Å²) in [7, 11) is -2.78. The van der Waals surface area contributed by atoms with Crippen molar-refractivity contribution in [1.29, 1.82) is 0 Å². The summed E-state index contributed by atoms with van der Waals surface area (Å²) in [5.74, 6) is 0.674. The smallest absolute Gasteiger partial charge is 0.152 e. The van der Waals surface area contributed by atoms with Gasteiger partial charge >= 0.3 is 0 Å². The summed E-state index contributed by atoms with van der Waals surface area (Å²) in [4.78, 5) is 6.33. The predicted molar refractivity (Wildman–Crippen MR) is 106 cm³/mol. The van der Waals surface area contributed by atoms with Crippen LogP contribution < -0.4 is 0 Å². The first-order valence-electron chi connectivity index (χ1n) is 9.42. The van der Waals surface area contributed by atoms with Crippen molar-refractivity contribution in [3.05, 3.63) is 46.4 Å². The van der Waals surface area contributed by atoms with Crippen molar-refractivity contribution in [2.24, 2.45) is 0 Å². The second kappa shape index (κ2) is 7.84. The Labute approximate surface area is 160 Å². The lowest BCUT2D eigenvalue weighted by molar-refractivity contribution is 0.110. The molecule has 2 aliphatic heterocycles. The molecule has 2 aromatic rings. The number of hydrogen-bond donors (Lipinski definition) is 0. The monoisotopic (exact) mass is 393 g/mol. The van der Waals surface area contributed by atoms with Gasteiger partial charge < -0.3 is 4.57 Å². The average Bonchev–Trinajstić information content (AvgIpc) is 3.29. The van der Waals surface area contributed by atoms with Crippen molar-refractivity contribution in [3.8, 4) is 0 Å². The van der Waals surface area contributed by atoms with Gasteiger partial charge in [0.15, 0.2) is 9.84 Å². The van der Waals surface area contributed by atoms with Crippen LogP contribution in [0.1, 0.15) is 23.4 Å². The summed E-state index contributed by atoms with van der Waals surface area (Å²) in [6, 6.07) is 9.23. The molecule has 142 valence electrons. The van der Waals surface area contributed by atoms with Gasteiger partial charge in [-0.05, 0) is 36.4 Å². The standard InChI is InChI=1S/C19H27N3O2S2/c23-26(24)13-10-21(11-14-26)17-5-8-20(9-6-17)15-18-3-1-7-22(18)16-19-4-2-12-25-19/h1-4,7,12,17H,5-6,8-11,13-16H2. The highest BCUT2D eigenvalue weighted by Crippen LogP contribution is 2.21. The minimum absolute atomic E-state index is 0.337. The number of aromatic nitrogens is 1. The van der Waals surface area contributed by atoms with E-state index in [2.05, 4.69) is 50.2 Å². The summed E-state index contributed by atoms with van der Waals surface area (Å²) < 4.78 is 25.6. The molecule has 0 N–H and O–H groups in total. The third-order valence-corrected chi connectivity index (χ3v) is 8.14. The van der Waals surface area contributed by atoms with Gasteiger partial charge in [-0.15, -0.1) is 11.3 Å². The lowest BCUT2D eigenvalue weighted by Gasteiger charge is -2.40. The zero-order chi connectivity index (χ0) is 18.0. The molecule has 0 spiro atoms. The zero-order valence-corrected chi connectivity index (χ0v) is 16.7. The lowest BCUT2D eigenvalue weighted by Crippen LogP contribution is -2.50. The predicted octanol–water partition coefficient (Wildman–Crippen LogP) is 2.29. The molecule has 0 aromatic carbocycles. The van der Waals surface area contributed by atoms with Gasteiger partial charge in [0.25, 0.3) is 0 Å². The van der Waals surface area contributed by atoms with Gasteiger partial charge in [0.05, 0.1) is 18.1 Å². The van der Waals surface area contributed by atoms with Crippen molar-refractivity contribution in [1.82, 2.24) is 14.4 Å². The van der Waals surface area contributed by atoms with Crippen LogP contribution in [0.3, 0.4) is 0 Å². The number of thiophene rings is 1. The quantitative estimate of drug-likeness (QED) is 0.782. The number of nitrogens with zero attached hydrogens (tertiary/aromatic N) is 3. The van der Waals surface area contributed by atoms with Gasteiger partial charge in [-0.3, -0.25) is 9.80 Å². The molecule has 2 saturated heterocycles. The molecule has 0 atom stereocenters. The fraction of sp³-hybridized carbons (Fsp3) is 0.579. The highest BCUT2D eigenvalue weighted by Gasteiger charge is 2.29. The fourth-order valence-corrected chi connectivity index (χ4v) is 6.01. The van der Waals surface area contributed by atoms with Gasteiger partial charge in [-0.1, -0.05) is 6.07 Å². The van der Waals surface area contributed by atoms with Crippen LogP contribution in [0.5, 0.6) is 0 Å². The summed E-state index contributed by atoms with van der Waals surface area (Å²) in [5, 5.41) is 2.13. The Morgan fingerprint density at radius 3 is 2.46 bits per heavy atom. The van der Waals surface area contributed by atoms with Gasteiger partial charge in [0, 0.05) is 55.5 Å². The van der Waals surface area contributed by atoms with E-state index < -0.39 is 9.84 Å². The molecule has 2 fully saturated rings. The topological polar surface area (TPSA) is 45.6 Å². The van der Waals surface area contributed by atoms with Crippen LogP contribution in [0.4, 0.5) is 0 Å². The third kappa shape index (κ3) is 4.39. The highest BCUT2D eigenvalue weighted by atomic mass is 32.2. The van der Waals surface area contributed by atoms with E-state index in [4.69, 9.17) is 0 Å². The SMILES string of the molecule is O=S1(=O)CCN(C2CCN(Cc3cccn3Cc3cccs3)CC2)CC1. The first-order chi connectivity index (χ1) is 12.6. The maximum absolute atomic E-state index is 11.6. The molecular formula is C19H27N3O2S2. The van der Waals surface area contributed by atoms with E-state index in [9.17, 15) is 8.42 Å². The number of rotatable bonds is 5. The van der Waals surface area contributed by atoms with Crippen LogP contribution in [0.25, 0.3) is 0 Å². The Bertz CT molecular complexity index is 792. The third-order valence-electron chi connectivity index (χ3n) is 5.67. The van der Waals surface area contributed by atoms with E-state index in [1.807, 2.05) is 11.3 Å². The minimum atomic E-state index is -2.78. The molecule has 5 nitrogen and oxygen atoms in total. The molecule has 0 amide bonds. The van der Waals surface area contributed by atoms with Crippen molar-refractivity contribution in [2.45, 2.75) is 32.0 Å². The van der Waals surface area contributed by atoms with Crippen molar-refractivity contribution in [2.75, 3.05) is 37.7 Å². The number of hydrogen-bond acceptors (Lipinski definition) is 5. The second-order valence-electron chi connectivity index (χ2n) is 7.40. The molecule has 0 radical (unpaired) electrons. The van der Waals surface area contributed by atoms with E-state index in [1.54, 1.807) is 0 Å². The molecule has 0 bridgehead atoms. The Hall–Kier alpha value is -1.15. The van der Waals surface area contributed by atoms with Crippen LogP contribution in [0.15, 0.2) is 35.8 Å². The van der Waals surface area contributed by atoms with Gasteiger partial charge in [0.1, 0.15) is 0 Å². The molecule has 4 heterocycles. The van der Waals surface area contributed by atoms with E-state index in [0.29, 0.717) is 17.5 Å². The number of piperidine rings is 1. The normalized spacial score (nSPS) is 22.6. The lowest BCUT2D eigenvalue weighted by atomic mass is 10.0. The minimum Gasteiger partial charge on any atom is -0.345 e. The first-order valence-corrected chi connectivity index (χ1v) is 12.1. The number of likely N-dealkylation sites (tertiary alicyclic amines) is 1. The van der Waals surface area contributed by atoms with Crippen LogP contribution in [0, 0.1) is 0 Å². The Morgan fingerprint density at radius 1 is 1.00 bits per heavy atom. The zero-order valence-electron chi connectivity index (χ0n) is 15.1. The van der Waals surface area contributed by atoms with E-state index in [0.717, 1.165) is 52.1 Å². The van der Waals surface area contributed by atoms with Crippen LogP contribution >= 0.6 is 11.3 Å². The van der Waals surface area contributed by atoms with Gasteiger partial charge in [-0.2, -0.15) is 0 Å². The van der Waals surface area contributed by atoms with Gasteiger partial charge in [-0.25, -0.2) is 8.42 Å². The van der Waals surface area contributed by atoms with E-state index >= 15 is 0 Å². The highest BCUT2D eigenvalue weighted by molar-refractivity contribution is 7.91.